The van der Waals surface area contributed by atoms with Crippen LogP contribution in [0.2, 0.25) is 0 Å². The van der Waals surface area contributed by atoms with Gasteiger partial charge in [0.2, 0.25) is 11.8 Å². The normalized spacial score (nSPS) is 21.5. The number of nitrogens with one attached hydrogen (secondary N) is 2. The molecule has 3 atom stereocenters. The Hall–Kier alpha value is -3.14. The Bertz CT molecular complexity index is 1280. The minimum absolute atomic E-state index is 0.00423. The van der Waals surface area contributed by atoms with E-state index in [1.807, 2.05) is 30.3 Å². The molecule has 38 heavy (non-hydrogen) atoms. The van der Waals surface area contributed by atoms with Crippen LogP contribution in [0.5, 0.6) is 5.88 Å². The maximum atomic E-state index is 13.3. The SMILES string of the molecule is CC(=O)NCCN1CCC2Cc3cccc(c3)[S+]([O-])Nc3nc(cc(-c4c(C)cccc4C)n3)OC[C@H]2C1. The van der Waals surface area contributed by atoms with E-state index < -0.39 is 11.4 Å². The van der Waals surface area contributed by atoms with Crippen molar-refractivity contribution in [2.24, 2.45) is 11.8 Å². The molecular weight excluding hydrogens is 498 g/mol. The lowest BCUT2D eigenvalue weighted by atomic mass is 9.81. The monoisotopic (exact) mass is 533 g/mol. The predicted molar refractivity (Wildman–Crippen MR) is 149 cm³/mol. The molecule has 2 unspecified atom stereocenters. The molecule has 0 aliphatic carbocycles. The van der Waals surface area contributed by atoms with Crippen molar-refractivity contribution in [3.63, 3.8) is 0 Å². The van der Waals surface area contributed by atoms with Crippen LogP contribution >= 0.6 is 0 Å². The topological polar surface area (TPSA) is 102 Å². The highest BCUT2D eigenvalue weighted by Crippen LogP contribution is 2.32. The minimum Gasteiger partial charge on any atom is -0.588 e. The first kappa shape index (κ1) is 26.5. The van der Waals surface area contributed by atoms with Crippen LogP contribution in [-0.2, 0) is 22.6 Å². The molecule has 0 radical (unpaired) electrons. The lowest BCUT2D eigenvalue weighted by Crippen LogP contribution is -2.46. The lowest BCUT2D eigenvalue weighted by molar-refractivity contribution is -0.119. The van der Waals surface area contributed by atoms with Crippen molar-refractivity contribution < 1.29 is 14.1 Å². The van der Waals surface area contributed by atoms with E-state index in [2.05, 4.69) is 52.0 Å². The number of fused-ring (bicyclic) bond motifs is 5. The predicted octanol–water partition coefficient (Wildman–Crippen LogP) is 3.90. The first-order valence-electron chi connectivity index (χ1n) is 13.2. The molecule has 3 aromatic rings. The smallest absolute Gasteiger partial charge is 0.269 e. The first-order chi connectivity index (χ1) is 18.4. The van der Waals surface area contributed by atoms with Crippen LogP contribution in [0, 0.1) is 25.7 Å². The van der Waals surface area contributed by atoms with Gasteiger partial charge in [-0.1, -0.05) is 30.3 Å². The summed E-state index contributed by atoms with van der Waals surface area (Å²) < 4.78 is 22.7. The molecule has 1 aromatic heterocycles. The zero-order chi connectivity index (χ0) is 26.6. The maximum Gasteiger partial charge on any atom is 0.269 e. The molecule has 0 spiro atoms. The number of hydrogen-bond acceptors (Lipinski definition) is 7. The average Bonchev–Trinajstić information content (AvgIpc) is 2.88. The lowest BCUT2D eigenvalue weighted by Gasteiger charge is -2.38. The average molecular weight is 534 g/mol. The number of aromatic nitrogens is 2. The summed E-state index contributed by atoms with van der Waals surface area (Å²) in [7, 11) is 0. The summed E-state index contributed by atoms with van der Waals surface area (Å²) in [6.07, 6.45) is 1.93. The van der Waals surface area contributed by atoms with E-state index in [1.165, 1.54) is 5.56 Å². The van der Waals surface area contributed by atoms with Gasteiger partial charge in [-0.15, -0.1) is 0 Å². The molecule has 1 saturated heterocycles. The molecule has 0 saturated carbocycles. The molecule has 2 aromatic carbocycles. The summed E-state index contributed by atoms with van der Waals surface area (Å²) in [6, 6.07) is 16.0. The van der Waals surface area contributed by atoms with Gasteiger partial charge >= 0.3 is 0 Å². The van der Waals surface area contributed by atoms with Crippen molar-refractivity contribution in [3.05, 3.63) is 65.2 Å². The molecule has 2 aliphatic rings. The van der Waals surface area contributed by atoms with Gasteiger partial charge in [0.15, 0.2) is 4.90 Å². The second-order valence-corrected chi connectivity index (χ2v) is 11.5. The number of hydrogen-bond donors (Lipinski definition) is 2. The van der Waals surface area contributed by atoms with Crippen LogP contribution in [0.1, 0.15) is 30.0 Å². The third-order valence-electron chi connectivity index (χ3n) is 7.46. The molecule has 2 aliphatic heterocycles. The van der Waals surface area contributed by atoms with E-state index in [1.54, 1.807) is 6.92 Å². The highest BCUT2D eigenvalue weighted by molar-refractivity contribution is 7.92. The Morgan fingerprint density at radius 2 is 1.95 bits per heavy atom. The third-order valence-corrected chi connectivity index (χ3v) is 8.51. The number of carbonyl (C=O) groups is 1. The first-order valence-corrected chi connectivity index (χ1v) is 14.3. The number of amides is 1. The van der Waals surface area contributed by atoms with Crippen LogP contribution < -0.4 is 14.8 Å². The fourth-order valence-corrected chi connectivity index (χ4v) is 6.36. The van der Waals surface area contributed by atoms with Crippen molar-refractivity contribution in [2.45, 2.75) is 38.5 Å². The summed E-state index contributed by atoms with van der Waals surface area (Å²) in [6.45, 7) is 9.51. The second-order valence-electron chi connectivity index (χ2n) is 10.3. The summed E-state index contributed by atoms with van der Waals surface area (Å²) in [4.78, 5) is 23.8. The standard InChI is InChI=1S/C29H35N5O3S/c1-19-6-4-7-20(2)28(19)26-16-27-32-29(31-26)33-38(36)25-9-5-8-22(15-25)14-23-10-12-34(13-11-30-21(3)35)17-24(23)18-37-27/h4-9,15-16,23-24H,10-14,17-18H2,1-3H3,(H,30,35)(H,31,32,33)/t23?,24-,38?/m1/s1. The number of likely N-dealkylation sites (tertiary alicyclic amines) is 1. The van der Waals surface area contributed by atoms with Gasteiger partial charge in [-0.3, -0.25) is 4.79 Å². The quantitative estimate of drug-likeness (QED) is 0.491. The van der Waals surface area contributed by atoms with Crippen molar-refractivity contribution in [3.8, 4) is 17.1 Å². The summed E-state index contributed by atoms with van der Waals surface area (Å²) in [5, 5.41) is 2.91. The van der Waals surface area contributed by atoms with E-state index >= 15 is 0 Å². The van der Waals surface area contributed by atoms with E-state index in [4.69, 9.17) is 9.72 Å². The number of piperidine rings is 1. The van der Waals surface area contributed by atoms with Gasteiger partial charge in [0, 0.05) is 44.1 Å². The maximum absolute atomic E-state index is 13.3. The van der Waals surface area contributed by atoms with Gasteiger partial charge in [-0.2, -0.15) is 9.71 Å². The third kappa shape index (κ3) is 6.28. The van der Waals surface area contributed by atoms with Crippen LogP contribution in [0.25, 0.3) is 11.3 Å². The number of nitrogens with zero attached hydrogens (tertiary/aromatic N) is 3. The Balaban J connectivity index is 1.48. The minimum atomic E-state index is -1.51. The van der Waals surface area contributed by atoms with Gasteiger partial charge in [-0.05, 0) is 68.0 Å². The van der Waals surface area contributed by atoms with Gasteiger partial charge in [-0.25, -0.2) is 4.98 Å². The van der Waals surface area contributed by atoms with Crippen molar-refractivity contribution in [1.29, 1.82) is 0 Å². The molecule has 200 valence electrons. The number of carbonyl (C=O) groups excluding carboxylic acids is 1. The molecule has 5 rings (SSSR count). The number of aryl methyl sites for hydroxylation is 2. The highest BCUT2D eigenvalue weighted by Gasteiger charge is 2.31. The van der Waals surface area contributed by atoms with Crippen LogP contribution in [0.4, 0.5) is 5.95 Å². The molecule has 9 heteroatoms. The van der Waals surface area contributed by atoms with Gasteiger partial charge in [0.25, 0.3) is 5.95 Å². The molecule has 2 N–H and O–H groups in total. The molecule has 3 heterocycles. The summed E-state index contributed by atoms with van der Waals surface area (Å²) in [5.74, 6) is 1.45. The fourth-order valence-electron chi connectivity index (χ4n) is 5.52. The fraction of sp³-hybridized carbons (Fsp3) is 0.414. The van der Waals surface area contributed by atoms with Gasteiger partial charge in [0.05, 0.1) is 12.3 Å². The van der Waals surface area contributed by atoms with E-state index in [0.29, 0.717) is 29.8 Å². The number of rotatable bonds is 4. The molecule has 1 fully saturated rings. The Morgan fingerprint density at radius 1 is 1.16 bits per heavy atom. The Kier molecular flexibility index (Phi) is 8.16. The zero-order valence-corrected chi connectivity index (χ0v) is 23.0. The number of anilines is 1. The Labute approximate surface area is 227 Å². The largest absolute Gasteiger partial charge is 0.588 e. The molecular formula is C29H35N5O3S. The van der Waals surface area contributed by atoms with Crippen molar-refractivity contribution in [2.75, 3.05) is 37.5 Å². The molecule has 4 bridgehead atoms. The van der Waals surface area contributed by atoms with Crippen molar-refractivity contribution in [1.82, 2.24) is 20.2 Å². The van der Waals surface area contributed by atoms with Gasteiger partial charge in [0.1, 0.15) is 11.4 Å². The molecule has 8 nitrogen and oxygen atoms in total. The molecule has 1 amide bonds. The second kappa shape index (κ2) is 11.7. The zero-order valence-electron chi connectivity index (χ0n) is 22.2. The highest BCUT2D eigenvalue weighted by atomic mass is 32.2. The van der Waals surface area contributed by atoms with E-state index in [-0.39, 0.29) is 17.8 Å². The number of benzene rings is 2. The van der Waals surface area contributed by atoms with Crippen LogP contribution in [0.15, 0.2) is 53.4 Å². The van der Waals surface area contributed by atoms with Crippen LogP contribution in [-0.4, -0.2) is 58.1 Å². The summed E-state index contributed by atoms with van der Waals surface area (Å²) in [5.41, 5.74) is 5.15. The van der Waals surface area contributed by atoms with Crippen molar-refractivity contribution >= 4 is 23.2 Å². The Morgan fingerprint density at radius 3 is 2.74 bits per heavy atom. The van der Waals surface area contributed by atoms with Crippen LogP contribution in [0.3, 0.4) is 0 Å². The number of ether oxygens (including phenoxy) is 1. The van der Waals surface area contributed by atoms with Gasteiger partial charge < -0.3 is 19.5 Å². The van der Waals surface area contributed by atoms with E-state index in [0.717, 1.165) is 54.9 Å². The summed E-state index contributed by atoms with van der Waals surface area (Å²) >= 11 is -1.51. The van der Waals surface area contributed by atoms with E-state index in [9.17, 15) is 9.35 Å².